The van der Waals surface area contributed by atoms with E-state index >= 15 is 0 Å². The van der Waals surface area contributed by atoms with Gasteiger partial charge in [0.25, 0.3) is 0 Å². The lowest BCUT2D eigenvalue weighted by atomic mass is 10.0. The predicted octanol–water partition coefficient (Wildman–Crippen LogP) is 7.46. The maximum atomic E-state index is 12.0. The van der Waals surface area contributed by atoms with Crippen LogP contribution in [0.25, 0.3) is 0 Å². The maximum absolute atomic E-state index is 12.0. The molecule has 1 aromatic rings. The molecule has 2 nitrogen and oxygen atoms in total. The van der Waals surface area contributed by atoms with Crippen LogP contribution in [-0.4, -0.2) is 5.97 Å². The summed E-state index contributed by atoms with van der Waals surface area (Å²) in [6.45, 7) is 4.66. The van der Waals surface area contributed by atoms with E-state index in [0.29, 0.717) is 6.61 Å². The van der Waals surface area contributed by atoms with E-state index in [4.69, 9.17) is 4.74 Å². The van der Waals surface area contributed by atoms with Crippen molar-refractivity contribution in [1.29, 1.82) is 0 Å². The summed E-state index contributed by atoms with van der Waals surface area (Å²) in [6.07, 6.45) is 17.2. The number of carbonyl (C=O) groups excluding carboxylic acids is 1. The largest absolute Gasteiger partial charge is 0.461 e. The van der Waals surface area contributed by atoms with Gasteiger partial charge >= 0.3 is 5.97 Å². The van der Waals surface area contributed by atoms with Crippen LogP contribution in [0.15, 0.2) is 30.3 Å². The number of hydrogen-bond acceptors (Lipinski definition) is 2. The van der Waals surface area contributed by atoms with Crippen LogP contribution in [0.4, 0.5) is 0 Å². The highest BCUT2D eigenvalue weighted by Crippen LogP contribution is 2.15. The zero-order valence-corrected chi connectivity index (χ0v) is 17.2. The van der Waals surface area contributed by atoms with Crippen LogP contribution in [0.5, 0.6) is 0 Å². The maximum Gasteiger partial charge on any atom is 0.308 e. The predicted molar refractivity (Wildman–Crippen MR) is 111 cm³/mol. The molecule has 148 valence electrons. The molecule has 0 bridgehead atoms. The molecule has 0 radical (unpaired) electrons. The van der Waals surface area contributed by atoms with Crippen molar-refractivity contribution in [2.24, 2.45) is 5.92 Å². The molecule has 26 heavy (non-hydrogen) atoms. The molecule has 0 aliphatic heterocycles. The zero-order valence-electron chi connectivity index (χ0n) is 17.2. The fraction of sp³-hybridized carbons (Fsp3) is 0.708. The van der Waals surface area contributed by atoms with Crippen molar-refractivity contribution in [3.63, 3.8) is 0 Å². The van der Waals surface area contributed by atoms with Gasteiger partial charge in [-0.15, -0.1) is 0 Å². The van der Waals surface area contributed by atoms with E-state index in [0.717, 1.165) is 18.4 Å². The van der Waals surface area contributed by atoms with Crippen molar-refractivity contribution in [3.05, 3.63) is 35.9 Å². The minimum absolute atomic E-state index is 0.0156. The summed E-state index contributed by atoms with van der Waals surface area (Å²) in [5.41, 5.74) is 1.05. The SMILES string of the molecule is CCCCCCCCCCCCCCC(C)C(=O)OCc1ccccc1. The monoisotopic (exact) mass is 360 g/mol. The number of unbranched alkanes of at least 4 members (excludes halogenated alkanes) is 11. The van der Waals surface area contributed by atoms with Gasteiger partial charge in [-0.3, -0.25) is 4.79 Å². The molecule has 0 heterocycles. The Bertz CT molecular complexity index is 441. The number of ether oxygens (including phenoxy) is 1. The quantitative estimate of drug-likeness (QED) is 0.226. The van der Waals surface area contributed by atoms with Gasteiger partial charge in [-0.05, 0) is 12.0 Å². The minimum atomic E-state index is -0.0584. The normalized spacial score (nSPS) is 12.1. The second-order valence-electron chi connectivity index (χ2n) is 7.67. The Kier molecular flexibility index (Phi) is 13.9. The number of benzene rings is 1. The first-order valence-corrected chi connectivity index (χ1v) is 10.9. The van der Waals surface area contributed by atoms with Crippen LogP contribution in [0.3, 0.4) is 0 Å². The van der Waals surface area contributed by atoms with Gasteiger partial charge in [0.2, 0.25) is 0 Å². The summed E-state index contributed by atoms with van der Waals surface area (Å²) >= 11 is 0. The van der Waals surface area contributed by atoms with E-state index in [9.17, 15) is 4.79 Å². The summed E-state index contributed by atoms with van der Waals surface area (Å²) in [5, 5.41) is 0. The molecule has 0 aliphatic rings. The van der Waals surface area contributed by atoms with Crippen LogP contribution >= 0.6 is 0 Å². The van der Waals surface area contributed by atoms with Gasteiger partial charge in [-0.25, -0.2) is 0 Å². The Morgan fingerprint density at radius 3 is 1.85 bits per heavy atom. The first-order chi connectivity index (χ1) is 12.7. The second kappa shape index (κ2) is 15.9. The lowest BCUT2D eigenvalue weighted by molar-refractivity contribution is -0.149. The number of esters is 1. The van der Waals surface area contributed by atoms with Crippen LogP contribution in [0.1, 0.15) is 103 Å². The third-order valence-corrected chi connectivity index (χ3v) is 5.12. The molecule has 1 aromatic carbocycles. The molecular weight excluding hydrogens is 320 g/mol. The highest BCUT2D eigenvalue weighted by Gasteiger charge is 2.13. The van der Waals surface area contributed by atoms with Crippen molar-refractivity contribution < 1.29 is 9.53 Å². The van der Waals surface area contributed by atoms with Gasteiger partial charge in [0.1, 0.15) is 6.61 Å². The smallest absolute Gasteiger partial charge is 0.308 e. The molecule has 0 aromatic heterocycles. The Balaban J connectivity index is 1.90. The summed E-state index contributed by atoms with van der Waals surface area (Å²) in [5.74, 6) is -0.0428. The Hall–Kier alpha value is -1.31. The summed E-state index contributed by atoms with van der Waals surface area (Å²) in [6, 6.07) is 9.89. The summed E-state index contributed by atoms with van der Waals surface area (Å²) < 4.78 is 5.41. The van der Waals surface area contributed by atoms with Crippen LogP contribution < -0.4 is 0 Å². The first-order valence-electron chi connectivity index (χ1n) is 10.9. The zero-order chi connectivity index (χ0) is 18.9. The molecule has 1 rings (SSSR count). The first kappa shape index (κ1) is 22.7. The van der Waals surface area contributed by atoms with Crippen molar-refractivity contribution in [2.75, 3.05) is 0 Å². The van der Waals surface area contributed by atoms with E-state index in [-0.39, 0.29) is 11.9 Å². The topological polar surface area (TPSA) is 26.3 Å². The van der Waals surface area contributed by atoms with Gasteiger partial charge in [0, 0.05) is 0 Å². The molecule has 0 amide bonds. The Morgan fingerprint density at radius 2 is 1.31 bits per heavy atom. The van der Waals surface area contributed by atoms with Crippen molar-refractivity contribution >= 4 is 5.97 Å². The fourth-order valence-electron chi connectivity index (χ4n) is 3.28. The summed E-state index contributed by atoms with van der Waals surface area (Å²) in [4.78, 5) is 12.0. The Morgan fingerprint density at radius 1 is 0.808 bits per heavy atom. The van der Waals surface area contributed by atoms with Gasteiger partial charge < -0.3 is 4.74 Å². The molecule has 0 saturated carbocycles. The van der Waals surface area contributed by atoms with E-state index in [1.807, 2.05) is 37.3 Å². The van der Waals surface area contributed by atoms with Crippen LogP contribution in [-0.2, 0) is 16.1 Å². The Labute approximate surface area is 161 Å². The van der Waals surface area contributed by atoms with Gasteiger partial charge in [0.15, 0.2) is 0 Å². The lowest BCUT2D eigenvalue weighted by Crippen LogP contribution is -2.14. The molecule has 0 spiro atoms. The average molecular weight is 361 g/mol. The van der Waals surface area contributed by atoms with Gasteiger partial charge in [0.05, 0.1) is 5.92 Å². The van der Waals surface area contributed by atoms with E-state index in [2.05, 4.69) is 6.92 Å². The van der Waals surface area contributed by atoms with Crippen LogP contribution in [0, 0.1) is 5.92 Å². The van der Waals surface area contributed by atoms with Crippen molar-refractivity contribution in [3.8, 4) is 0 Å². The summed E-state index contributed by atoms with van der Waals surface area (Å²) in [7, 11) is 0. The molecule has 0 aliphatic carbocycles. The van der Waals surface area contributed by atoms with E-state index in [1.165, 1.54) is 70.6 Å². The molecule has 0 N–H and O–H groups in total. The molecular formula is C24H40O2. The highest BCUT2D eigenvalue weighted by molar-refractivity contribution is 5.71. The highest BCUT2D eigenvalue weighted by atomic mass is 16.5. The third-order valence-electron chi connectivity index (χ3n) is 5.12. The van der Waals surface area contributed by atoms with Gasteiger partial charge in [-0.2, -0.15) is 0 Å². The minimum Gasteiger partial charge on any atom is -0.461 e. The van der Waals surface area contributed by atoms with E-state index < -0.39 is 0 Å². The standard InChI is InChI=1S/C24H40O2/c1-3-4-5-6-7-8-9-10-11-12-13-15-18-22(2)24(25)26-21-23-19-16-14-17-20-23/h14,16-17,19-20,22H,3-13,15,18,21H2,1-2H3. The average Bonchev–Trinajstić information content (AvgIpc) is 2.67. The van der Waals surface area contributed by atoms with Crippen molar-refractivity contribution in [1.82, 2.24) is 0 Å². The third kappa shape index (κ3) is 12.1. The number of carbonyl (C=O) groups is 1. The lowest BCUT2D eigenvalue weighted by Gasteiger charge is -2.11. The van der Waals surface area contributed by atoms with Crippen molar-refractivity contribution in [2.45, 2.75) is 104 Å². The molecule has 2 heteroatoms. The van der Waals surface area contributed by atoms with Crippen LogP contribution in [0.2, 0.25) is 0 Å². The number of hydrogen-bond donors (Lipinski definition) is 0. The fourth-order valence-corrected chi connectivity index (χ4v) is 3.28. The van der Waals surface area contributed by atoms with E-state index in [1.54, 1.807) is 0 Å². The molecule has 0 fully saturated rings. The van der Waals surface area contributed by atoms with Gasteiger partial charge in [-0.1, -0.05) is 121 Å². The molecule has 0 saturated heterocycles. The second-order valence-corrected chi connectivity index (χ2v) is 7.67. The molecule has 1 unspecified atom stereocenters. The molecule has 1 atom stereocenters. The number of rotatable bonds is 16.